The molecule has 2 aliphatic heterocycles. The fourth-order valence-corrected chi connectivity index (χ4v) is 6.91. The molecule has 0 spiro atoms. The Morgan fingerprint density at radius 1 is 1.00 bits per heavy atom. The lowest BCUT2D eigenvalue weighted by Gasteiger charge is -2.60. The van der Waals surface area contributed by atoms with E-state index in [-0.39, 0.29) is 5.54 Å². The van der Waals surface area contributed by atoms with Gasteiger partial charge in [-0.15, -0.1) is 0 Å². The van der Waals surface area contributed by atoms with Gasteiger partial charge in [0.15, 0.2) is 0 Å². The minimum Gasteiger partial charge on any atom is -0.350 e. The quantitative estimate of drug-likeness (QED) is 0.513. The molecule has 4 aromatic heterocycles. The number of pyridine rings is 2. The second kappa shape index (κ2) is 6.90. The first-order chi connectivity index (χ1) is 16.5. The predicted octanol–water partition coefficient (Wildman–Crippen LogP) is 3.52. The number of hydrogen-bond donors (Lipinski definition) is 1. The van der Waals surface area contributed by atoms with Crippen LogP contribution in [0, 0.1) is 17.2 Å². The van der Waals surface area contributed by atoms with Crippen molar-refractivity contribution in [3.63, 3.8) is 0 Å². The lowest BCUT2D eigenvalue weighted by Crippen LogP contribution is -2.67. The number of fused-ring (bicyclic) bond motifs is 1. The number of aryl methyl sites for hydroxylation is 1. The van der Waals surface area contributed by atoms with Gasteiger partial charge in [-0.25, -0.2) is 9.50 Å². The van der Waals surface area contributed by atoms with E-state index in [2.05, 4.69) is 39.4 Å². The summed E-state index contributed by atoms with van der Waals surface area (Å²) in [6, 6.07) is 9.64. The van der Waals surface area contributed by atoms with E-state index < -0.39 is 0 Å². The summed E-state index contributed by atoms with van der Waals surface area (Å²) in [5, 5.41) is 18.4. The smallest absolute Gasteiger partial charge is 0.129 e. The molecule has 4 aliphatic rings. The summed E-state index contributed by atoms with van der Waals surface area (Å²) in [6.45, 7) is 0. The van der Waals surface area contributed by atoms with Gasteiger partial charge in [-0.05, 0) is 56.2 Å². The van der Waals surface area contributed by atoms with Crippen LogP contribution in [-0.4, -0.2) is 42.0 Å². The van der Waals surface area contributed by atoms with Crippen LogP contribution in [0.25, 0.3) is 27.8 Å². The molecule has 170 valence electrons. The van der Waals surface area contributed by atoms with E-state index >= 15 is 0 Å². The van der Waals surface area contributed by atoms with E-state index in [0.717, 1.165) is 52.3 Å². The van der Waals surface area contributed by atoms with Crippen LogP contribution in [0.4, 0.5) is 5.82 Å². The van der Waals surface area contributed by atoms with Crippen molar-refractivity contribution in [3.8, 4) is 28.3 Å². The number of hydrogen-bond acceptors (Lipinski definition) is 6. The zero-order valence-corrected chi connectivity index (χ0v) is 19.1. The van der Waals surface area contributed by atoms with E-state index in [9.17, 15) is 5.26 Å². The Labute approximate surface area is 197 Å². The SMILES string of the molecule is Cn1cc(-c2cc(-c3ccc(N4C5CC6CC4CC(N)(C6)C5)nc3)c3c(C#N)cnn3c2)cn1. The van der Waals surface area contributed by atoms with Crippen molar-refractivity contribution in [1.82, 2.24) is 24.4 Å². The van der Waals surface area contributed by atoms with Crippen molar-refractivity contribution < 1.29 is 0 Å². The van der Waals surface area contributed by atoms with Crippen LogP contribution >= 0.6 is 0 Å². The molecule has 2 saturated carbocycles. The minimum atomic E-state index is 0.0288. The number of piperidine rings is 2. The fraction of sp³-hybridized carbons (Fsp3) is 0.385. The lowest BCUT2D eigenvalue weighted by atomic mass is 9.60. The molecule has 6 heterocycles. The Hall–Kier alpha value is -3.70. The molecule has 8 heteroatoms. The van der Waals surface area contributed by atoms with Gasteiger partial charge in [-0.3, -0.25) is 4.68 Å². The summed E-state index contributed by atoms with van der Waals surface area (Å²) < 4.78 is 3.57. The van der Waals surface area contributed by atoms with E-state index in [4.69, 9.17) is 10.7 Å². The normalized spacial score (nSPS) is 27.4. The third-order valence-corrected chi connectivity index (χ3v) is 8.07. The van der Waals surface area contributed by atoms with Gasteiger partial charge in [-0.1, -0.05) is 0 Å². The van der Waals surface area contributed by atoms with E-state index in [1.165, 1.54) is 19.3 Å². The molecule has 34 heavy (non-hydrogen) atoms. The first kappa shape index (κ1) is 19.7. The Balaban J connectivity index is 1.30. The van der Waals surface area contributed by atoms with Gasteiger partial charge in [0.25, 0.3) is 0 Å². The van der Waals surface area contributed by atoms with E-state index in [1.54, 1.807) is 15.4 Å². The number of anilines is 1. The highest BCUT2D eigenvalue weighted by atomic mass is 15.3. The summed E-state index contributed by atoms with van der Waals surface area (Å²) in [4.78, 5) is 7.47. The highest BCUT2D eigenvalue weighted by Gasteiger charge is 2.53. The zero-order chi connectivity index (χ0) is 23.0. The van der Waals surface area contributed by atoms with E-state index in [0.29, 0.717) is 17.6 Å². The molecule has 2 aliphatic carbocycles. The van der Waals surface area contributed by atoms with Crippen LogP contribution in [0.15, 0.2) is 49.2 Å². The zero-order valence-electron chi connectivity index (χ0n) is 19.1. The van der Waals surface area contributed by atoms with Crippen molar-refractivity contribution >= 4 is 11.3 Å². The molecular formula is C26H26N8. The first-order valence-electron chi connectivity index (χ1n) is 11.9. The summed E-state index contributed by atoms with van der Waals surface area (Å²) >= 11 is 0. The average Bonchev–Trinajstić information content (AvgIpc) is 3.43. The van der Waals surface area contributed by atoms with Gasteiger partial charge < -0.3 is 10.6 Å². The maximum atomic E-state index is 9.69. The first-order valence-corrected chi connectivity index (χ1v) is 11.9. The van der Waals surface area contributed by atoms with Gasteiger partial charge in [0.1, 0.15) is 11.9 Å². The summed E-state index contributed by atoms with van der Waals surface area (Å²) in [5.41, 5.74) is 12.0. The van der Waals surface area contributed by atoms with Crippen molar-refractivity contribution in [1.29, 1.82) is 5.26 Å². The number of nitrogens with two attached hydrogens (primary N) is 1. The van der Waals surface area contributed by atoms with Gasteiger partial charge in [0.05, 0.1) is 23.5 Å². The second-order valence-electron chi connectivity index (χ2n) is 10.4. The Bertz CT molecular complexity index is 1440. The summed E-state index contributed by atoms with van der Waals surface area (Å²) in [5.74, 6) is 1.81. The molecule has 2 N–H and O–H groups in total. The van der Waals surface area contributed by atoms with Crippen LogP contribution in [0.2, 0.25) is 0 Å². The van der Waals surface area contributed by atoms with Crippen LogP contribution in [0.3, 0.4) is 0 Å². The van der Waals surface area contributed by atoms with Gasteiger partial charge in [0, 0.05) is 65.5 Å². The fourth-order valence-electron chi connectivity index (χ4n) is 6.91. The van der Waals surface area contributed by atoms with Crippen LogP contribution in [0.5, 0.6) is 0 Å². The lowest BCUT2D eigenvalue weighted by molar-refractivity contribution is 0.0648. The monoisotopic (exact) mass is 450 g/mol. The van der Waals surface area contributed by atoms with Gasteiger partial charge >= 0.3 is 0 Å². The molecule has 0 amide bonds. The third-order valence-electron chi connectivity index (χ3n) is 8.07. The Morgan fingerprint density at radius 2 is 1.82 bits per heavy atom. The molecule has 4 aromatic rings. The second-order valence-corrected chi connectivity index (χ2v) is 10.4. The summed E-state index contributed by atoms with van der Waals surface area (Å²) in [7, 11) is 1.90. The van der Waals surface area contributed by atoms with Crippen LogP contribution in [0.1, 0.15) is 37.7 Å². The van der Waals surface area contributed by atoms with Gasteiger partial charge in [-0.2, -0.15) is 15.5 Å². The van der Waals surface area contributed by atoms with E-state index in [1.807, 2.05) is 31.8 Å². The molecule has 4 bridgehead atoms. The Morgan fingerprint density at radius 3 is 2.47 bits per heavy atom. The number of rotatable bonds is 3. The van der Waals surface area contributed by atoms with Gasteiger partial charge in [0.2, 0.25) is 0 Å². The van der Waals surface area contributed by atoms with Crippen LogP contribution in [-0.2, 0) is 7.05 Å². The van der Waals surface area contributed by atoms with Crippen LogP contribution < -0.4 is 10.6 Å². The molecule has 2 saturated heterocycles. The Kier molecular flexibility index (Phi) is 4.01. The number of nitrogens with zero attached hydrogens (tertiary/aromatic N) is 7. The molecule has 4 fully saturated rings. The maximum Gasteiger partial charge on any atom is 0.129 e. The molecule has 0 aromatic carbocycles. The summed E-state index contributed by atoms with van der Waals surface area (Å²) in [6.07, 6.45) is 15.1. The number of nitriles is 1. The maximum absolute atomic E-state index is 9.69. The molecule has 8 rings (SSSR count). The van der Waals surface area contributed by atoms with Crippen molar-refractivity contribution in [2.24, 2.45) is 18.7 Å². The molecule has 0 radical (unpaired) electrons. The standard InChI is InChI=1S/C26H26N8/c1-32-14-20(13-30-32)18-6-23(25-19(10-27)12-31-33(25)15-18)17-2-3-24(29-11-17)34-21-4-16-5-22(34)9-26(28,7-16)8-21/h2-3,6,11-16,21-22H,4-5,7-9,28H2,1H3. The predicted molar refractivity (Wildman–Crippen MR) is 129 cm³/mol. The third kappa shape index (κ3) is 2.90. The molecule has 2 unspecified atom stereocenters. The number of aromatic nitrogens is 5. The van der Waals surface area contributed by atoms with Crippen molar-refractivity contribution in [3.05, 3.63) is 54.7 Å². The molecular weight excluding hydrogens is 424 g/mol. The minimum absolute atomic E-state index is 0.0288. The van der Waals surface area contributed by atoms with Crippen molar-refractivity contribution in [2.45, 2.75) is 49.7 Å². The largest absolute Gasteiger partial charge is 0.350 e. The topological polar surface area (TPSA) is 101 Å². The highest BCUT2D eigenvalue weighted by molar-refractivity contribution is 5.87. The highest BCUT2D eigenvalue weighted by Crippen LogP contribution is 2.51. The molecule has 8 nitrogen and oxygen atoms in total. The molecule has 2 atom stereocenters. The average molecular weight is 451 g/mol. The van der Waals surface area contributed by atoms with Crippen molar-refractivity contribution in [2.75, 3.05) is 4.90 Å².